The van der Waals surface area contributed by atoms with Crippen LogP contribution in [0.5, 0.6) is 0 Å². The molecule has 0 spiro atoms. The Hall–Kier alpha value is -1.16. The second-order valence-corrected chi connectivity index (χ2v) is 3.78. The van der Waals surface area contributed by atoms with Crippen molar-refractivity contribution in [2.45, 2.75) is 6.92 Å². The van der Waals surface area contributed by atoms with Crippen LogP contribution in [-0.2, 0) is 0 Å². The van der Waals surface area contributed by atoms with Gasteiger partial charge in [-0.2, -0.15) is 0 Å². The molecule has 0 aliphatic heterocycles. The fourth-order valence-electron chi connectivity index (χ4n) is 1.55. The summed E-state index contributed by atoms with van der Waals surface area (Å²) in [6.45, 7) is 1.69. The maximum atomic E-state index is 13.3. The zero-order chi connectivity index (χ0) is 12.3. The SMILES string of the molecule is Cc1c(F)cccc1NC(=N)c1ccccc1.[NaH]. The number of halogens is 1. The van der Waals surface area contributed by atoms with E-state index >= 15 is 0 Å². The van der Waals surface area contributed by atoms with Gasteiger partial charge in [0.1, 0.15) is 11.7 Å². The first kappa shape index (κ1) is 14.9. The van der Waals surface area contributed by atoms with E-state index in [4.69, 9.17) is 5.41 Å². The Labute approximate surface area is 128 Å². The van der Waals surface area contributed by atoms with Crippen molar-refractivity contribution in [2.24, 2.45) is 0 Å². The van der Waals surface area contributed by atoms with Crippen molar-refractivity contribution in [2.75, 3.05) is 5.32 Å². The first-order valence-corrected chi connectivity index (χ1v) is 5.34. The molecule has 0 bridgehead atoms. The van der Waals surface area contributed by atoms with E-state index in [1.165, 1.54) is 6.07 Å². The Morgan fingerprint density at radius 2 is 1.72 bits per heavy atom. The molecule has 0 saturated carbocycles. The molecule has 0 atom stereocenters. The third kappa shape index (κ3) is 3.42. The monoisotopic (exact) mass is 252 g/mol. The predicted molar refractivity (Wildman–Crippen MR) is 75.2 cm³/mol. The van der Waals surface area contributed by atoms with Gasteiger partial charge < -0.3 is 5.32 Å². The van der Waals surface area contributed by atoms with Gasteiger partial charge in [-0.05, 0) is 19.1 Å². The van der Waals surface area contributed by atoms with Gasteiger partial charge in [0.05, 0.1) is 0 Å². The van der Waals surface area contributed by atoms with Crippen LogP contribution >= 0.6 is 0 Å². The van der Waals surface area contributed by atoms with Gasteiger partial charge >= 0.3 is 29.6 Å². The van der Waals surface area contributed by atoms with E-state index in [9.17, 15) is 4.39 Å². The van der Waals surface area contributed by atoms with Gasteiger partial charge in [0, 0.05) is 16.8 Å². The Kier molecular flexibility index (Phi) is 5.54. The van der Waals surface area contributed by atoms with E-state index in [0.29, 0.717) is 11.3 Å². The van der Waals surface area contributed by atoms with Crippen molar-refractivity contribution in [3.05, 3.63) is 65.5 Å². The fraction of sp³-hybridized carbons (Fsp3) is 0.0714. The van der Waals surface area contributed by atoms with Gasteiger partial charge in [-0.25, -0.2) is 4.39 Å². The standard InChI is InChI=1S/C14H13FN2.Na.H/c1-10-12(15)8-5-9-13(10)17-14(16)11-6-3-2-4-7-11;;/h2-9H,1H3,(H2,16,17);;. The summed E-state index contributed by atoms with van der Waals surface area (Å²) in [5, 5.41) is 10.8. The molecule has 0 amide bonds. The number of hydrogen-bond acceptors (Lipinski definition) is 1. The molecule has 2 aromatic carbocycles. The van der Waals surface area contributed by atoms with Crippen molar-refractivity contribution in [1.29, 1.82) is 5.41 Å². The minimum atomic E-state index is -0.268. The van der Waals surface area contributed by atoms with Crippen LogP contribution in [0, 0.1) is 18.2 Å². The van der Waals surface area contributed by atoms with E-state index in [-0.39, 0.29) is 41.2 Å². The second kappa shape index (κ2) is 6.69. The normalized spacial score (nSPS) is 9.44. The number of anilines is 1. The first-order chi connectivity index (χ1) is 8.18. The number of amidine groups is 1. The van der Waals surface area contributed by atoms with Crippen molar-refractivity contribution >= 4 is 41.1 Å². The average molecular weight is 252 g/mol. The Bertz CT molecular complexity index is 541. The van der Waals surface area contributed by atoms with Crippen LogP contribution < -0.4 is 5.32 Å². The average Bonchev–Trinajstić information content (AvgIpc) is 2.36. The van der Waals surface area contributed by atoms with Gasteiger partial charge in [0.2, 0.25) is 0 Å². The van der Waals surface area contributed by atoms with Crippen LogP contribution in [0.4, 0.5) is 10.1 Å². The molecular weight excluding hydrogens is 238 g/mol. The van der Waals surface area contributed by atoms with Crippen LogP contribution in [0.3, 0.4) is 0 Å². The minimum absolute atomic E-state index is 0. The summed E-state index contributed by atoms with van der Waals surface area (Å²) in [4.78, 5) is 0. The van der Waals surface area contributed by atoms with E-state index in [0.717, 1.165) is 5.56 Å². The third-order valence-electron chi connectivity index (χ3n) is 2.59. The summed E-state index contributed by atoms with van der Waals surface area (Å²) >= 11 is 0. The number of nitrogens with one attached hydrogen (secondary N) is 2. The van der Waals surface area contributed by atoms with Crippen molar-refractivity contribution in [1.82, 2.24) is 0 Å². The van der Waals surface area contributed by atoms with Crippen LogP contribution in [-0.4, -0.2) is 35.4 Å². The van der Waals surface area contributed by atoms with E-state index < -0.39 is 0 Å². The molecule has 2 N–H and O–H groups in total. The van der Waals surface area contributed by atoms with Gasteiger partial charge in [-0.15, -0.1) is 0 Å². The van der Waals surface area contributed by atoms with E-state index in [1.807, 2.05) is 30.3 Å². The van der Waals surface area contributed by atoms with E-state index in [2.05, 4.69) is 5.32 Å². The molecule has 0 aliphatic carbocycles. The fourth-order valence-corrected chi connectivity index (χ4v) is 1.55. The Balaban J connectivity index is 0.00000162. The van der Waals surface area contributed by atoms with Crippen LogP contribution in [0.15, 0.2) is 48.5 Å². The molecule has 4 heteroatoms. The Morgan fingerprint density at radius 1 is 1.06 bits per heavy atom. The number of hydrogen-bond donors (Lipinski definition) is 2. The summed E-state index contributed by atoms with van der Waals surface area (Å²) in [6, 6.07) is 14.1. The van der Waals surface area contributed by atoms with Crippen LogP contribution in [0.25, 0.3) is 0 Å². The molecule has 0 fully saturated rings. The van der Waals surface area contributed by atoms with Gasteiger partial charge in [0.15, 0.2) is 0 Å². The van der Waals surface area contributed by atoms with Gasteiger partial charge in [-0.3, -0.25) is 5.41 Å². The summed E-state index contributed by atoms with van der Waals surface area (Å²) < 4.78 is 13.3. The molecule has 2 rings (SSSR count). The molecular formula is C14H14FN2Na. The zero-order valence-electron chi connectivity index (χ0n) is 9.50. The quantitative estimate of drug-likeness (QED) is 0.481. The topological polar surface area (TPSA) is 35.9 Å². The van der Waals surface area contributed by atoms with Crippen LogP contribution in [0.1, 0.15) is 11.1 Å². The number of rotatable bonds is 2. The van der Waals surface area contributed by atoms with Crippen molar-refractivity contribution in [3.8, 4) is 0 Å². The first-order valence-electron chi connectivity index (χ1n) is 5.34. The molecule has 18 heavy (non-hydrogen) atoms. The molecule has 0 aliphatic rings. The summed E-state index contributed by atoms with van der Waals surface area (Å²) in [7, 11) is 0. The third-order valence-corrected chi connectivity index (χ3v) is 2.59. The molecule has 0 aromatic heterocycles. The number of benzene rings is 2. The van der Waals surface area contributed by atoms with E-state index in [1.54, 1.807) is 19.1 Å². The zero-order valence-corrected chi connectivity index (χ0v) is 9.50. The van der Waals surface area contributed by atoms with Crippen molar-refractivity contribution in [3.63, 3.8) is 0 Å². The molecule has 0 radical (unpaired) electrons. The molecule has 88 valence electrons. The van der Waals surface area contributed by atoms with Gasteiger partial charge in [-0.1, -0.05) is 36.4 Å². The van der Waals surface area contributed by atoms with Crippen LogP contribution in [0.2, 0.25) is 0 Å². The summed E-state index contributed by atoms with van der Waals surface area (Å²) in [5.41, 5.74) is 1.92. The molecule has 0 unspecified atom stereocenters. The molecule has 0 heterocycles. The molecule has 2 nitrogen and oxygen atoms in total. The van der Waals surface area contributed by atoms with Gasteiger partial charge in [0.25, 0.3) is 0 Å². The Morgan fingerprint density at radius 3 is 2.39 bits per heavy atom. The molecule has 2 aromatic rings. The maximum absolute atomic E-state index is 13.3. The second-order valence-electron chi connectivity index (χ2n) is 3.78. The summed E-state index contributed by atoms with van der Waals surface area (Å²) in [6.07, 6.45) is 0. The summed E-state index contributed by atoms with van der Waals surface area (Å²) in [5.74, 6) is -0.00448. The predicted octanol–water partition coefficient (Wildman–Crippen LogP) is 2.92. The van der Waals surface area contributed by atoms with Crippen molar-refractivity contribution < 1.29 is 4.39 Å². The molecule has 0 saturated heterocycles.